The van der Waals surface area contributed by atoms with Crippen LogP contribution in [0.25, 0.3) is 0 Å². The van der Waals surface area contributed by atoms with Crippen molar-refractivity contribution in [3.63, 3.8) is 0 Å². The first kappa shape index (κ1) is 14.8. The Hall–Kier alpha value is -0.610. The molecule has 19 heavy (non-hydrogen) atoms. The third kappa shape index (κ3) is 3.69. The molecule has 1 unspecified atom stereocenters. The molecule has 0 aromatic heterocycles. The van der Waals surface area contributed by atoms with Crippen molar-refractivity contribution in [3.8, 4) is 0 Å². The highest BCUT2D eigenvalue weighted by Crippen LogP contribution is 2.31. The van der Waals surface area contributed by atoms with Gasteiger partial charge in [0.2, 0.25) is 0 Å². The summed E-state index contributed by atoms with van der Waals surface area (Å²) in [4.78, 5) is 0. The summed E-state index contributed by atoms with van der Waals surface area (Å²) in [6.07, 6.45) is 0.458. The summed E-state index contributed by atoms with van der Waals surface area (Å²) in [5, 5.41) is 1.05. The molecule has 2 N–H and O–H groups in total. The Balaban J connectivity index is 2.28. The smallest absolute Gasteiger partial charge is 0.124 e. The summed E-state index contributed by atoms with van der Waals surface area (Å²) in [7, 11) is 0. The van der Waals surface area contributed by atoms with E-state index >= 15 is 0 Å². The van der Waals surface area contributed by atoms with Crippen LogP contribution in [-0.2, 0) is 6.42 Å². The molecule has 0 aliphatic carbocycles. The van der Waals surface area contributed by atoms with Crippen LogP contribution in [0.3, 0.4) is 0 Å². The van der Waals surface area contributed by atoms with Gasteiger partial charge in [-0.3, -0.25) is 0 Å². The number of hydrogen-bond acceptors (Lipinski definition) is 1. The Kier molecular flexibility index (Phi) is 4.85. The van der Waals surface area contributed by atoms with E-state index in [-0.39, 0.29) is 11.9 Å². The molecule has 2 rings (SSSR count). The molecule has 0 amide bonds. The van der Waals surface area contributed by atoms with E-state index in [1.807, 2.05) is 6.07 Å². The summed E-state index contributed by atoms with van der Waals surface area (Å²) in [5.41, 5.74) is 7.60. The zero-order valence-electron chi connectivity index (χ0n) is 9.84. The maximum absolute atomic E-state index is 13.3. The second kappa shape index (κ2) is 6.23. The van der Waals surface area contributed by atoms with Crippen LogP contribution < -0.4 is 5.73 Å². The van der Waals surface area contributed by atoms with Gasteiger partial charge in [-0.1, -0.05) is 45.2 Å². The number of hydrogen-bond donors (Lipinski definition) is 1. The van der Waals surface area contributed by atoms with E-state index in [1.54, 1.807) is 18.2 Å². The maximum Gasteiger partial charge on any atom is 0.124 e. The van der Waals surface area contributed by atoms with Crippen LogP contribution in [-0.4, -0.2) is 0 Å². The summed E-state index contributed by atoms with van der Waals surface area (Å²) in [5.74, 6) is -0.304. The van der Waals surface area contributed by atoms with Crippen LogP contribution in [0.5, 0.6) is 0 Å². The molecule has 0 radical (unpaired) electrons. The van der Waals surface area contributed by atoms with Gasteiger partial charge in [-0.05, 0) is 42.3 Å². The fourth-order valence-corrected chi connectivity index (χ4v) is 3.14. The van der Waals surface area contributed by atoms with E-state index in [4.69, 9.17) is 28.9 Å². The fourth-order valence-electron chi connectivity index (χ4n) is 1.95. The van der Waals surface area contributed by atoms with Crippen molar-refractivity contribution in [2.24, 2.45) is 5.73 Å². The SMILES string of the molecule is NC(Cc1cc(F)cc(Br)c1)c1c(Cl)cccc1Cl. The van der Waals surface area contributed by atoms with Crippen LogP contribution in [0.2, 0.25) is 10.0 Å². The minimum atomic E-state index is -0.380. The molecule has 1 nitrogen and oxygen atoms in total. The topological polar surface area (TPSA) is 26.0 Å². The molecule has 0 heterocycles. The molecule has 100 valence electrons. The van der Waals surface area contributed by atoms with Gasteiger partial charge in [-0.15, -0.1) is 0 Å². The number of rotatable bonds is 3. The summed E-state index contributed by atoms with van der Waals surface area (Å²) < 4.78 is 14.0. The van der Waals surface area contributed by atoms with Crippen molar-refractivity contribution in [3.05, 3.63) is 67.9 Å². The third-order valence-electron chi connectivity index (χ3n) is 2.75. The minimum Gasteiger partial charge on any atom is -0.324 e. The highest BCUT2D eigenvalue weighted by Gasteiger charge is 2.15. The molecule has 0 fully saturated rings. The van der Waals surface area contributed by atoms with Crippen LogP contribution in [0, 0.1) is 5.82 Å². The Morgan fingerprint density at radius 1 is 1.16 bits per heavy atom. The fraction of sp³-hybridized carbons (Fsp3) is 0.143. The zero-order chi connectivity index (χ0) is 14.0. The van der Waals surface area contributed by atoms with Crippen molar-refractivity contribution in [1.29, 1.82) is 0 Å². The molecule has 1 atom stereocenters. The molecule has 0 aliphatic rings. The second-order valence-corrected chi connectivity index (χ2v) is 5.95. The zero-order valence-corrected chi connectivity index (χ0v) is 12.9. The summed E-state index contributed by atoms with van der Waals surface area (Å²) in [6.45, 7) is 0. The summed E-state index contributed by atoms with van der Waals surface area (Å²) >= 11 is 15.5. The Morgan fingerprint density at radius 2 is 1.79 bits per heavy atom. The van der Waals surface area contributed by atoms with Gasteiger partial charge in [0.1, 0.15) is 5.82 Å². The van der Waals surface area contributed by atoms with Gasteiger partial charge in [-0.25, -0.2) is 4.39 Å². The van der Waals surface area contributed by atoms with Crippen molar-refractivity contribution in [2.45, 2.75) is 12.5 Å². The Morgan fingerprint density at radius 3 is 2.37 bits per heavy atom. The lowest BCUT2D eigenvalue weighted by Crippen LogP contribution is -2.14. The molecule has 2 aromatic carbocycles. The molecule has 2 aromatic rings. The molecule has 0 saturated carbocycles. The van der Waals surface area contributed by atoms with Crippen molar-refractivity contribution in [1.82, 2.24) is 0 Å². The van der Waals surface area contributed by atoms with E-state index in [1.165, 1.54) is 12.1 Å². The monoisotopic (exact) mass is 361 g/mol. The number of halogens is 4. The first-order valence-electron chi connectivity index (χ1n) is 5.62. The molecule has 0 spiro atoms. The van der Waals surface area contributed by atoms with E-state index in [0.29, 0.717) is 26.5 Å². The lowest BCUT2D eigenvalue weighted by Gasteiger charge is -2.15. The second-order valence-electron chi connectivity index (χ2n) is 4.22. The van der Waals surface area contributed by atoms with Gasteiger partial charge >= 0.3 is 0 Å². The number of benzene rings is 2. The quantitative estimate of drug-likeness (QED) is 0.803. The average molecular weight is 363 g/mol. The molecule has 0 saturated heterocycles. The van der Waals surface area contributed by atoms with E-state index < -0.39 is 0 Å². The van der Waals surface area contributed by atoms with Crippen LogP contribution >= 0.6 is 39.1 Å². The van der Waals surface area contributed by atoms with Gasteiger partial charge in [0.15, 0.2) is 0 Å². The lowest BCUT2D eigenvalue weighted by molar-refractivity contribution is 0.621. The van der Waals surface area contributed by atoms with E-state index in [0.717, 1.165) is 5.56 Å². The molecular formula is C14H11BrCl2FN. The minimum absolute atomic E-state index is 0.304. The van der Waals surface area contributed by atoms with Gasteiger partial charge in [0.25, 0.3) is 0 Å². The third-order valence-corrected chi connectivity index (χ3v) is 3.87. The first-order valence-corrected chi connectivity index (χ1v) is 7.16. The molecule has 0 bridgehead atoms. The van der Waals surface area contributed by atoms with Gasteiger partial charge in [0, 0.05) is 26.1 Å². The molecule has 5 heteroatoms. The lowest BCUT2D eigenvalue weighted by atomic mass is 9.99. The van der Waals surface area contributed by atoms with E-state index in [2.05, 4.69) is 15.9 Å². The van der Waals surface area contributed by atoms with Crippen LogP contribution in [0.15, 0.2) is 40.9 Å². The Bertz CT molecular complexity index is 563. The molecule has 0 aliphatic heterocycles. The van der Waals surface area contributed by atoms with Gasteiger partial charge < -0.3 is 5.73 Å². The predicted molar refractivity (Wildman–Crippen MR) is 81.2 cm³/mol. The van der Waals surface area contributed by atoms with Gasteiger partial charge in [-0.2, -0.15) is 0 Å². The molecular weight excluding hydrogens is 352 g/mol. The predicted octanol–water partition coefficient (Wildman–Crippen LogP) is 5.14. The largest absolute Gasteiger partial charge is 0.324 e. The van der Waals surface area contributed by atoms with E-state index in [9.17, 15) is 4.39 Å². The highest BCUT2D eigenvalue weighted by molar-refractivity contribution is 9.10. The maximum atomic E-state index is 13.3. The van der Waals surface area contributed by atoms with Crippen molar-refractivity contribution >= 4 is 39.1 Å². The highest BCUT2D eigenvalue weighted by atomic mass is 79.9. The van der Waals surface area contributed by atoms with Crippen molar-refractivity contribution in [2.75, 3.05) is 0 Å². The van der Waals surface area contributed by atoms with Crippen LogP contribution in [0.1, 0.15) is 17.2 Å². The average Bonchev–Trinajstić information content (AvgIpc) is 2.26. The first-order chi connectivity index (χ1) is 8.97. The normalized spacial score (nSPS) is 12.5. The number of nitrogens with two attached hydrogens (primary N) is 1. The summed E-state index contributed by atoms with van der Waals surface area (Å²) in [6, 6.07) is 9.55. The van der Waals surface area contributed by atoms with Gasteiger partial charge in [0.05, 0.1) is 0 Å². The Labute approximate surface area is 129 Å². The standard InChI is InChI=1S/C14H11BrCl2FN/c15-9-4-8(5-10(18)7-9)6-13(19)14-11(16)2-1-3-12(14)17/h1-5,7,13H,6,19H2. The van der Waals surface area contributed by atoms with Crippen molar-refractivity contribution < 1.29 is 4.39 Å². The van der Waals surface area contributed by atoms with Crippen LogP contribution in [0.4, 0.5) is 4.39 Å².